The van der Waals surface area contributed by atoms with Gasteiger partial charge in [0, 0.05) is 12.5 Å². The minimum absolute atomic E-state index is 0.194. The van der Waals surface area contributed by atoms with Gasteiger partial charge in [-0.1, -0.05) is 44.9 Å². The van der Waals surface area contributed by atoms with Gasteiger partial charge in [-0.25, -0.2) is 0 Å². The Morgan fingerprint density at radius 1 is 0.750 bits per heavy atom. The van der Waals surface area contributed by atoms with E-state index in [1.165, 1.54) is 6.07 Å². The van der Waals surface area contributed by atoms with Crippen LogP contribution in [0, 0.1) is 0 Å². The molecule has 0 unspecified atom stereocenters. The van der Waals surface area contributed by atoms with Crippen LogP contribution >= 0.6 is 0 Å². The van der Waals surface area contributed by atoms with Crippen LogP contribution in [0.15, 0.2) is 18.2 Å². The number of alkyl halides is 6. The van der Waals surface area contributed by atoms with Crippen LogP contribution in [0.25, 0.3) is 0 Å². The Kier molecular flexibility index (Phi) is 10.3. The summed E-state index contributed by atoms with van der Waals surface area (Å²) in [5, 5.41) is 9.51. The number of unbranched alkanes of at least 4 members (excludes halogenated alkanes) is 8. The van der Waals surface area contributed by atoms with Crippen molar-refractivity contribution < 1.29 is 40.9 Å². The maximum Gasteiger partial charge on any atom is 0.573 e. The third-order valence-electron chi connectivity index (χ3n) is 4.03. The molecule has 1 aromatic rings. The van der Waals surface area contributed by atoms with Crippen LogP contribution in [0.2, 0.25) is 0 Å². The molecule has 28 heavy (non-hydrogen) atoms. The third kappa shape index (κ3) is 12.6. The van der Waals surface area contributed by atoms with Gasteiger partial charge in [-0.05, 0) is 25.0 Å². The number of hydrogen-bond acceptors (Lipinski definition) is 3. The van der Waals surface area contributed by atoms with Gasteiger partial charge in [-0.3, -0.25) is 0 Å². The molecule has 0 aliphatic carbocycles. The molecule has 1 aromatic carbocycles. The van der Waals surface area contributed by atoms with E-state index < -0.39 is 30.5 Å². The molecule has 1 N–H and O–H groups in total. The summed E-state index contributed by atoms with van der Waals surface area (Å²) in [6.07, 6.45) is -2.45. The number of hydrogen-bond donors (Lipinski definition) is 1. The largest absolute Gasteiger partial charge is 0.573 e. The Bertz CT molecular complexity index is 558. The zero-order valence-electron chi connectivity index (χ0n) is 15.5. The minimum atomic E-state index is -4.87. The first-order valence-corrected chi connectivity index (χ1v) is 9.35. The van der Waals surface area contributed by atoms with Crippen molar-refractivity contribution >= 4 is 0 Å². The maximum atomic E-state index is 12.1. The summed E-state index contributed by atoms with van der Waals surface area (Å²) >= 11 is 0. The molecule has 0 bridgehead atoms. The lowest BCUT2D eigenvalue weighted by Gasteiger charge is -2.12. The highest BCUT2D eigenvalue weighted by Gasteiger charge is 2.32. The highest BCUT2D eigenvalue weighted by atomic mass is 19.4. The van der Waals surface area contributed by atoms with Gasteiger partial charge < -0.3 is 14.6 Å². The second-order valence-corrected chi connectivity index (χ2v) is 6.57. The van der Waals surface area contributed by atoms with E-state index in [4.69, 9.17) is 4.74 Å². The lowest BCUT2D eigenvalue weighted by Crippen LogP contribution is -2.17. The van der Waals surface area contributed by atoms with Crippen molar-refractivity contribution in [3.63, 3.8) is 0 Å². The quantitative estimate of drug-likeness (QED) is 0.275. The summed E-state index contributed by atoms with van der Waals surface area (Å²) in [5.41, 5.74) is 0. The van der Waals surface area contributed by atoms with E-state index >= 15 is 0 Å². The van der Waals surface area contributed by atoms with E-state index in [0.717, 1.165) is 57.1 Å². The highest BCUT2D eigenvalue weighted by Crippen LogP contribution is 2.34. The van der Waals surface area contributed by atoms with Gasteiger partial charge in [-0.2, -0.15) is 13.2 Å². The molecule has 3 nitrogen and oxygen atoms in total. The molecule has 0 spiro atoms. The van der Waals surface area contributed by atoms with Crippen molar-refractivity contribution in [3.05, 3.63) is 18.2 Å². The van der Waals surface area contributed by atoms with Crippen molar-refractivity contribution in [2.45, 2.75) is 76.7 Å². The van der Waals surface area contributed by atoms with Gasteiger partial charge in [0.15, 0.2) is 11.5 Å². The summed E-state index contributed by atoms with van der Waals surface area (Å²) in [6.45, 7) is 0.371. The summed E-state index contributed by atoms with van der Waals surface area (Å²) in [7, 11) is 0. The van der Waals surface area contributed by atoms with E-state index in [0.29, 0.717) is 13.0 Å². The van der Waals surface area contributed by atoms with Crippen LogP contribution in [0.4, 0.5) is 26.3 Å². The normalized spacial score (nSPS) is 12.2. The number of phenolic OH excluding ortho intramolecular Hbond substituents is 1. The predicted molar refractivity (Wildman–Crippen MR) is 92.5 cm³/mol. The molecule has 0 saturated carbocycles. The number of ether oxygens (including phenoxy) is 2. The fraction of sp³-hybridized carbons (Fsp3) is 0.684. The van der Waals surface area contributed by atoms with Gasteiger partial charge in [-0.15, -0.1) is 13.2 Å². The third-order valence-corrected chi connectivity index (χ3v) is 4.03. The van der Waals surface area contributed by atoms with Crippen molar-refractivity contribution in [1.29, 1.82) is 0 Å². The number of benzene rings is 1. The minimum Gasteiger partial charge on any atom is -0.504 e. The van der Waals surface area contributed by atoms with Crippen molar-refractivity contribution in [1.82, 2.24) is 0 Å². The molecule has 0 saturated heterocycles. The maximum absolute atomic E-state index is 12.1. The summed E-state index contributed by atoms with van der Waals surface area (Å²) in [6, 6.07) is 3.35. The molecule has 0 aliphatic heterocycles. The van der Waals surface area contributed by atoms with Gasteiger partial charge in [0.05, 0.1) is 6.61 Å². The van der Waals surface area contributed by atoms with E-state index in [1.807, 2.05) is 0 Å². The Hall–Kier alpha value is -1.80. The number of halogens is 6. The second-order valence-electron chi connectivity index (χ2n) is 6.57. The molecule has 1 rings (SSSR count). The molecule has 162 valence electrons. The lowest BCUT2D eigenvalue weighted by molar-refractivity contribution is -0.275. The predicted octanol–water partition coefficient (Wildman–Crippen LogP) is 7.13. The fourth-order valence-corrected chi connectivity index (χ4v) is 2.65. The van der Waals surface area contributed by atoms with Gasteiger partial charge >= 0.3 is 12.5 Å². The molecule has 0 fully saturated rings. The molecule has 0 heterocycles. The standard InChI is InChI=1S/C19H26F6O3/c20-18(21,22)12-8-6-4-2-1-3-5-7-9-13-27-15-10-11-17(16(26)14-15)28-19(23,24)25/h10-11,14,26H,1-9,12-13H2. The molecule has 0 aliphatic rings. The highest BCUT2D eigenvalue weighted by molar-refractivity contribution is 5.44. The SMILES string of the molecule is Oc1cc(OCCCCCCCCCCCC(F)(F)F)ccc1OC(F)(F)F. The van der Waals surface area contributed by atoms with Crippen LogP contribution in [0.1, 0.15) is 64.2 Å². The monoisotopic (exact) mass is 416 g/mol. The average Bonchev–Trinajstić information content (AvgIpc) is 2.56. The zero-order valence-corrected chi connectivity index (χ0v) is 15.5. The molecule has 0 radical (unpaired) electrons. The van der Waals surface area contributed by atoms with E-state index in [9.17, 15) is 31.4 Å². The van der Waals surface area contributed by atoms with Crippen LogP contribution in [0.3, 0.4) is 0 Å². The zero-order chi connectivity index (χ0) is 21.0. The molecule has 0 aromatic heterocycles. The van der Waals surface area contributed by atoms with Gasteiger partial charge in [0.25, 0.3) is 0 Å². The van der Waals surface area contributed by atoms with Crippen molar-refractivity contribution in [2.24, 2.45) is 0 Å². The Morgan fingerprint density at radius 3 is 1.79 bits per heavy atom. The summed E-state index contributed by atoms with van der Waals surface area (Å²) in [4.78, 5) is 0. The molecule has 9 heteroatoms. The van der Waals surface area contributed by atoms with Crippen LogP contribution in [0.5, 0.6) is 17.2 Å². The van der Waals surface area contributed by atoms with Crippen molar-refractivity contribution in [3.8, 4) is 17.2 Å². The number of aromatic hydroxyl groups is 1. The van der Waals surface area contributed by atoms with Crippen molar-refractivity contribution in [2.75, 3.05) is 6.61 Å². The molecular formula is C19H26F6O3. The van der Waals surface area contributed by atoms with Crippen LogP contribution < -0.4 is 9.47 Å². The summed E-state index contributed by atoms with van der Waals surface area (Å²) in [5.74, 6) is -1.07. The summed E-state index contributed by atoms with van der Waals surface area (Å²) < 4.78 is 81.3. The smallest absolute Gasteiger partial charge is 0.504 e. The van der Waals surface area contributed by atoms with Crippen LogP contribution in [-0.2, 0) is 0 Å². The van der Waals surface area contributed by atoms with Gasteiger partial charge in [0.2, 0.25) is 0 Å². The molecule has 0 atom stereocenters. The Balaban J connectivity index is 2.02. The number of rotatable bonds is 13. The second kappa shape index (κ2) is 11.9. The van der Waals surface area contributed by atoms with E-state index in [-0.39, 0.29) is 12.2 Å². The molecular weight excluding hydrogens is 390 g/mol. The van der Waals surface area contributed by atoms with Gasteiger partial charge in [0.1, 0.15) is 5.75 Å². The topological polar surface area (TPSA) is 38.7 Å². The molecule has 0 amide bonds. The van der Waals surface area contributed by atoms with Crippen LogP contribution in [-0.4, -0.2) is 24.3 Å². The number of phenols is 1. The van der Waals surface area contributed by atoms with E-state index in [2.05, 4.69) is 4.74 Å². The lowest BCUT2D eigenvalue weighted by atomic mass is 10.1. The fourth-order valence-electron chi connectivity index (χ4n) is 2.65. The Morgan fingerprint density at radius 2 is 1.29 bits per heavy atom. The average molecular weight is 416 g/mol. The first-order valence-electron chi connectivity index (χ1n) is 9.35. The first-order chi connectivity index (χ1) is 13.1. The Labute approximate surface area is 160 Å². The van der Waals surface area contributed by atoms with E-state index in [1.54, 1.807) is 0 Å². The first kappa shape index (κ1) is 24.2.